The molecule has 0 spiro atoms. The van der Waals surface area contributed by atoms with Crippen molar-refractivity contribution in [3.63, 3.8) is 0 Å². The van der Waals surface area contributed by atoms with E-state index < -0.39 is 0 Å². The van der Waals surface area contributed by atoms with Gasteiger partial charge >= 0.3 is 0 Å². The maximum absolute atomic E-state index is 5.73. The fourth-order valence-corrected chi connectivity index (χ4v) is 1.74. The fraction of sp³-hybridized carbons (Fsp3) is 0.545. The Bertz CT molecular complexity index is 242. The van der Waals surface area contributed by atoms with Crippen LogP contribution in [0.3, 0.4) is 0 Å². The fourth-order valence-electron chi connectivity index (χ4n) is 1.74. The Morgan fingerprint density at radius 2 is 2.15 bits per heavy atom. The van der Waals surface area contributed by atoms with Gasteiger partial charge in [0.25, 0.3) is 0 Å². The lowest BCUT2D eigenvalue weighted by Gasteiger charge is -2.09. The summed E-state index contributed by atoms with van der Waals surface area (Å²) in [5.74, 6) is 0. The molecule has 0 N–H and O–H groups in total. The third-order valence-electron chi connectivity index (χ3n) is 2.50. The number of ether oxygens (including phenoxy) is 1. The van der Waals surface area contributed by atoms with Gasteiger partial charge < -0.3 is 4.74 Å². The van der Waals surface area contributed by atoms with E-state index in [0.29, 0.717) is 12.7 Å². The Morgan fingerprint density at radius 3 is 2.85 bits per heavy atom. The molecule has 0 aliphatic heterocycles. The molecule has 0 bridgehead atoms. The zero-order valence-corrected chi connectivity index (χ0v) is 7.78. The van der Waals surface area contributed by atoms with Gasteiger partial charge in [0.15, 0.2) is 0 Å². The van der Waals surface area contributed by atoms with Crippen LogP contribution in [0.4, 0.5) is 0 Å². The second-order valence-corrected chi connectivity index (χ2v) is 3.54. The summed E-state index contributed by atoms with van der Waals surface area (Å²) in [4.78, 5) is 4.21. The number of hydrogen-bond acceptors (Lipinski definition) is 2. The van der Waals surface area contributed by atoms with E-state index in [1.165, 1.54) is 25.7 Å². The molecule has 70 valence electrons. The highest BCUT2D eigenvalue weighted by Crippen LogP contribution is 2.21. The van der Waals surface area contributed by atoms with Crippen molar-refractivity contribution in [3.05, 3.63) is 30.1 Å². The highest BCUT2D eigenvalue weighted by atomic mass is 16.5. The second kappa shape index (κ2) is 4.38. The average molecular weight is 177 g/mol. The van der Waals surface area contributed by atoms with Gasteiger partial charge in [-0.2, -0.15) is 0 Å². The molecule has 2 nitrogen and oxygen atoms in total. The second-order valence-electron chi connectivity index (χ2n) is 3.54. The van der Waals surface area contributed by atoms with E-state index in [0.717, 1.165) is 5.69 Å². The largest absolute Gasteiger partial charge is 0.372 e. The van der Waals surface area contributed by atoms with E-state index in [-0.39, 0.29) is 0 Å². The Balaban J connectivity index is 1.79. The van der Waals surface area contributed by atoms with E-state index in [2.05, 4.69) is 4.98 Å². The molecule has 2 rings (SSSR count). The molecule has 1 heterocycles. The molecule has 13 heavy (non-hydrogen) atoms. The molecule has 1 saturated carbocycles. The van der Waals surface area contributed by atoms with Crippen LogP contribution in [0, 0.1) is 0 Å². The first-order valence-electron chi connectivity index (χ1n) is 4.96. The van der Waals surface area contributed by atoms with E-state index in [1.807, 2.05) is 24.4 Å². The van der Waals surface area contributed by atoms with Crippen LogP contribution in [0.15, 0.2) is 24.4 Å². The van der Waals surface area contributed by atoms with Crippen LogP contribution >= 0.6 is 0 Å². The van der Waals surface area contributed by atoms with E-state index >= 15 is 0 Å². The summed E-state index contributed by atoms with van der Waals surface area (Å²) in [6.07, 6.45) is 7.41. The summed E-state index contributed by atoms with van der Waals surface area (Å²) in [5.41, 5.74) is 1.04. The Kier molecular flexibility index (Phi) is 2.93. The molecule has 0 unspecified atom stereocenters. The van der Waals surface area contributed by atoms with Crippen molar-refractivity contribution in [2.75, 3.05) is 0 Å². The molecule has 0 radical (unpaired) electrons. The smallest absolute Gasteiger partial charge is 0.0891 e. The molecule has 0 atom stereocenters. The summed E-state index contributed by atoms with van der Waals surface area (Å²) in [7, 11) is 0. The van der Waals surface area contributed by atoms with Crippen LogP contribution in [0.1, 0.15) is 31.4 Å². The van der Waals surface area contributed by atoms with E-state index in [1.54, 1.807) is 0 Å². The van der Waals surface area contributed by atoms with Crippen molar-refractivity contribution < 1.29 is 4.74 Å². The van der Waals surface area contributed by atoms with E-state index in [4.69, 9.17) is 4.74 Å². The summed E-state index contributed by atoms with van der Waals surface area (Å²) in [5, 5.41) is 0. The molecule has 1 aromatic heterocycles. The standard InChI is InChI=1S/C11H15NO/c1-2-7-11(6-1)13-9-10-5-3-4-8-12-10/h3-5,8,11H,1-2,6-7,9H2. The van der Waals surface area contributed by atoms with Crippen molar-refractivity contribution in [3.8, 4) is 0 Å². The minimum absolute atomic E-state index is 0.488. The van der Waals surface area contributed by atoms with Gasteiger partial charge in [0.1, 0.15) is 0 Å². The summed E-state index contributed by atoms with van der Waals surface area (Å²) >= 11 is 0. The van der Waals surface area contributed by atoms with Crippen molar-refractivity contribution >= 4 is 0 Å². The van der Waals surface area contributed by atoms with Crippen LogP contribution in [-0.2, 0) is 11.3 Å². The summed E-state index contributed by atoms with van der Waals surface area (Å²) in [6, 6.07) is 5.94. The number of aromatic nitrogens is 1. The molecular weight excluding hydrogens is 162 g/mol. The van der Waals surface area contributed by atoms with Crippen molar-refractivity contribution in [2.24, 2.45) is 0 Å². The number of hydrogen-bond donors (Lipinski definition) is 0. The molecule has 0 amide bonds. The van der Waals surface area contributed by atoms with Crippen LogP contribution < -0.4 is 0 Å². The van der Waals surface area contributed by atoms with Crippen LogP contribution in [0.5, 0.6) is 0 Å². The molecule has 1 aliphatic carbocycles. The lowest BCUT2D eigenvalue weighted by Crippen LogP contribution is -2.07. The first kappa shape index (κ1) is 8.70. The molecule has 2 heteroatoms. The van der Waals surface area contributed by atoms with Crippen molar-refractivity contribution in [1.29, 1.82) is 0 Å². The third kappa shape index (κ3) is 2.52. The van der Waals surface area contributed by atoms with Crippen LogP contribution in [-0.4, -0.2) is 11.1 Å². The van der Waals surface area contributed by atoms with Gasteiger partial charge in [-0.05, 0) is 25.0 Å². The predicted octanol–water partition coefficient (Wildman–Crippen LogP) is 2.54. The van der Waals surface area contributed by atoms with Gasteiger partial charge in [-0.3, -0.25) is 4.98 Å². The lowest BCUT2D eigenvalue weighted by molar-refractivity contribution is 0.0438. The molecule has 1 aromatic rings. The number of pyridine rings is 1. The monoisotopic (exact) mass is 177 g/mol. The molecule has 1 aliphatic rings. The predicted molar refractivity (Wildman–Crippen MR) is 51.3 cm³/mol. The van der Waals surface area contributed by atoms with Gasteiger partial charge in [0.2, 0.25) is 0 Å². The average Bonchev–Trinajstić information content (AvgIpc) is 2.69. The minimum Gasteiger partial charge on any atom is -0.372 e. The highest BCUT2D eigenvalue weighted by Gasteiger charge is 2.14. The first-order valence-corrected chi connectivity index (χ1v) is 4.96. The number of rotatable bonds is 3. The first-order chi connectivity index (χ1) is 6.45. The molecular formula is C11H15NO. The molecule has 0 saturated heterocycles. The van der Waals surface area contributed by atoms with E-state index in [9.17, 15) is 0 Å². The normalized spacial score (nSPS) is 17.8. The Morgan fingerprint density at radius 1 is 1.31 bits per heavy atom. The van der Waals surface area contributed by atoms with Crippen LogP contribution in [0.2, 0.25) is 0 Å². The third-order valence-corrected chi connectivity index (χ3v) is 2.50. The Hall–Kier alpha value is -0.890. The van der Waals surface area contributed by atoms with Gasteiger partial charge in [0, 0.05) is 6.20 Å². The summed E-state index contributed by atoms with van der Waals surface area (Å²) in [6.45, 7) is 0.672. The van der Waals surface area contributed by atoms with Crippen molar-refractivity contribution in [1.82, 2.24) is 4.98 Å². The lowest BCUT2D eigenvalue weighted by atomic mass is 10.3. The zero-order chi connectivity index (χ0) is 8.93. The van der Waals surface area contributed by atoms with Gasteiger partial charge in [-0.25, -0.2) is 0 Å². The SMILES string of the molecule is c1ccc(COC2CCCC2)nc1. The highest BCUT2D eigenvalue weighted by molar-refractivity contribution is 5.01. The number of nitrogens with zero attached hydrogens (tertiary/aromatic N) is 1. The van der Waals surface area contributed by atoms with Gasteiger partial charge in [-0.15, -0.1) is 0 Å². The maximum atomic E-state index is 5.73. The topological polar surface area (TPSA) is 22.1 Å². The van der Waals surface area contributed by atoms with Crippen LogP contribution in [0.25, 0.3) is 0 Å². The Labute approximate surface area is 78.9 Å². The van der Waals surface area contributed by atoms with Gasteiger partial charge in [-0.1, -0.05) is 18.9 Å². The molecule has 0 aromatic carbocycles. The quantitative estimate of drug-likeness (QED) is 0.707. The molecule has 1 fully saturated rings. The summed E-state index contributed by atoms with van der Waals surface area (Å²) < 4.78 is 5.73. The maximum Gasteiger partial charge on any atom is 0.0891 e. The zero-order valence-electron chi connectivity index (χ0n) is 7.78. The van der Waals surface area contributed by atoms with Gasteiger partial charge in [0.05, 0.1) is 18.4 Å². The van der Waals surface area contributed by atoms with Crippen molar-refractivity contribution in [2.45, 2.75) is 38.4 Å². The minimum atomic E-state index is 0.488.